The zero-order valence-corrected chi connectivity index (χ0v) is 10.1. The first-order chi connectivity index (χ1) is 7.11. The highest BCUT2D eigenvalue weighted by Gasteiger charge is 2.06. The molecule has 0 aliphatic carbocycles. The molecular formula is C12H9BrN2. The third-order valence-electron chi connectivity index (χ3n) is 2.33. The van der Waals surface area contributed by atoms with Crippen molar-refractivity contribution in [1.82, 2.24) is 4.98 Å². The van der Waals surface area contributed by atoms with Crippen LogP contribution in [0.5, 0.6) is 0 Å². The molecule has 0 spiro atoms. The van der Waals surface area contributed by atoms with Gasteiger partial charge in [-0.25, -0.2) is 0 Å². The third-order valence-corrected chi connectivity index (χ3v) is 2.79. The van der Waals surface area contributed by atoms with Crippen molar-refractivity contribution in [3.8, 4) is 6.07 Å². The van der Waals surface area contributed by atoms with Crippen LogP contribution in [0.4, 0.5) is 0 Å². The van der Waals surface area contributed by atoms with Gasteiger partial charge in [0.05, 0.1) is 11.1 Å². The molecule has 0 saturated heterocycles. The minimum atomic E-state index is 0.617. The van der Waals surface area contributed by atoms with Crippen molar-refractivity contribution in [2.45, 2.75) is 13.8 Å². The van der Waals surface area contributed by atoms with Crippen LogP contribution in [0.3, 0.4) is 0 Å². The standard InChI is InChI=1S/C12H9BrN2/c1-7-3-8(2)15-12-9(6-14)4-10(13)5-11(7)12/h3-5H,1-2H3. The molecule has 0 unspecified atom stereocenters. The molecule has 0 saturated carbocycles. The van der Waals surface area contributed by atoms with Gasteiger partial charge in [-0.1, -0.05) is 15.9 Å². The van der Waals surface area contributed by atoms with Gasteiger partial charge in [0.15, 0.2) is 0 Å². The summed E-state index contributed by atoms with van der Waals surface area (Å²) >= 11 is 3.40. The van der Waals surface area contributed by atoms with E-state index in [9.17, 15) is 0 Å². The molecule has 0 fully saturated rings. The van der Waals surface area contributed by atoms with E-state index in [-0.39, 0.29) is 0 Å². The Hall–Kier alpha value is -1.40. The maximum Gasteiger partial charge on any atom is 0.101 e. The van der Waals surface area contributed by atoms with Gasteiger partial charge in [0.1, 0.15) is 6.07 Å². The lowest BCUT2D eigenvalue weighted by molar-refractivity contribution is 1.23. The van der Waals surface area contributed by atoms with Gasteiger partial charge in [0, 0.05) is 15.6 Å². The quantitative estimate of drug-likeness (QED) is 0.727. The first-order valence-electron chi connectivity index (χ1n) is 4.59. The summed E-state index contributed by atoms with van der Waals surface area (Å²) in [5, 5.41) is 10.1. The minimum absolute atomic E-state index is 0.617. The highest BCUT2D eigenvalue weighted by Crippen LogP contribution is 2.25. The molecule has 2 rings (SSSR count). The molecule has 3 heteroatoms. The molecular weight excluding hydrogens is 252 g/mol. The van der Waals surface area contributed by atoms with E-state index in [2.05, 4.69) is 27.0 Å². The Balaban J connectivity index is 2.98. The molecule has 0 radical (unpaired) electrons. The average Bonchev–Trinajstić information content (AvgIpc) is 2.18. The molecule has 15 heavy (non-hydrogen) atoms. The molecule has 0 aliphatic rings. The highest BCUT2D eigenvalue weighted by molar-refractivity contribution is 9.10. The smallest absolute Gasteiger partial charge is 0.101 e. The molecule has 0 N–H and O–H groups in total. The van der Waals surface area contributed by atoms with Crippen LogP contribution in [0, 0.1) is 25.2 Å². The Morgan fingerprint density at radius 2 is 2.00 bits per heavy atom. The first-order valence-corrected chi connectivity index (χ1v) is 5.38. The minimum Gasteiger partial charge on any atom is -0.252 e. The Kier molecular flexibility index (Phi) is 2.45. The van der Waals surface area contributed by atoms with Crippen molar-refractivity contribution < 1.29 is 0 Å². The topological polar surface area (TPSA) is 36.7 Å². The van der Waals surface area contributed by atoms with Crippen molar-refractivity contribution in [3.05, 3.63) is 39.5 Å². The Morgan fingerprint density at radius 3 is 2.67 bits per heavy atom. The number of hydrogen-bond acceptors (Lipinski definition) is 2. The fourth-order valence-electron chi connectivity index (χ4n) is 1.71. The van der Waals surface area contributed by atoms with Gasteiger partial charge in [0.25, 0.3) is 0 Å². The van der Waals surface area contributed by atoms with E-state index in [1.807, 2.05) is 26.0 Å². The van der Waals surface area contributed by atoms with Crippen molar-refractivity contribution in [1.29, 1.82) is 5.26 Å². The lowest BCUT2D eigenvalue weighted by Gasteiger charge is -2.05. The van der Waals surface area contributed by atoms with Gasteiger partial charge in [0.2, 0.25) is 0 Å². The number of pyridine rings is 1. The van der Waals surface area contributed by atoms with E-state index in [0.717, 1.165) is 26.6 Å². The lowest BCUT2D eigenvalue weighted by atomic mass is 10.1. The van der Waals surface area contributed by atoms with Crippen LogP contribution in [-0.2, 0) is 0 Å². The van der Waals surface area contributed by atoms with Crippen LogP contribution in [0.1, 0.15) is 16.8 Å². The normalized spacial score (nSPS) is 10.3. The summed E-state index contributed by atoms with van der Waals surface area (Å²) in [7, 11) is 0. The van der Waals surface area contributed by atoms with Gasteiger partial charge >= 0.3 is 0 Å². The summed E-state index contributed by atoms with van der Waals surface area (Å²) in [6.07, 6.45) is 0. The van der Waals surface area contributed by atoms with Crippen molar-refractivity contribution >= 4 is 26.8 Å². The third kappa shape index (κ3) is 1.73. The second kappa shape index (κ2) is 3.63. The Morgan fingerprint density at radius 1 is 1.27 bits per heavy atom. The molecule has 74 valence electrons. The predicted molar refractivity (Wildman–Crippen MR) is 63.6 cm³/mol. The first kappa shape index (κ1) is 10.1. The number of nitriles is 1. The average molecular weight is 261 g/mol. The van der Waals surface area contributed by atoms with Crippen LogP contribution in [-0.4, -0.2) is 4.98 Å². The Labute approximate surface area is 96.7 Å². The summed E-state index contributed by atoms with van der Waals surface area (Å²) in [5.74, 6) is 0. The number of nitrogens with zero attached hydrogens (tertiary/aromatic N) is 2. The summed E-state index contributed by atoms with van der Waals surface area (Å²) in [5.41, 5.74) is 3.50. The van der Waals surface area contributed by atoms with Crippen molar-refractivity contribution in [2.24, 2.45) is 0 Å². The molecule has 0 aliphatic heterocycles. The fraction of sp³-hybridized carbons (Fsp3) is 0.167. The SMILES string of the molecule is Cc1cc(C)c2cc(Br)cc(C#N)c2n1. The van der Waals surface area contributed by atoms with Crippen LogP contribution >= 0.6 is 15.9 Å². The highest BCUT2D eigenvalue weighted by atomic mass is 79.9. The van der Waals surface area contributed by atoms with Gasteiger partial charge in [-0.05, 0) is 37.6 Å². The van der Waals surface area contributed by atoms with Gasteiger partial charge < -0.3 is 0 Å². The van der Waals surface area contributed by atoms with Gasteiger partial charge in [-0.15, -0.1) is 0 Å². The van der Waals surface area contributed by atoms with Crippen LogP contribution < -0.4 is 0 Å². The largest absolute Gasteiger partial charge is 0.252 e. The molecule has 1 aromatic carbocycles. The number of aromatic nitrogens is 1. The van der Waals surface area contributed by atoms with Gasteiger partial charge in [-0.2, -0.15) is 5.26 Å². The zero-order chi connectivity index (χ0) is 11.0. The Bertz CT molecular complexity index is 582. The maximum atomic E-state index is 9.03. The number of halogens is 1. The second-order valence-corrected chi connectivity index (χ2v) is 4.46. The summed E-state index contributed by atoms with van der Waals surface area (Å²) in [6, 6.07) is 7.99. The molecule has 2 aromatic rings. The summed E-state index contributed by atoms with van der Waals surface area (Å²) in [6.45, 7) is 3.97. The molecule has 2 nitrogen and oxygen atoms in total. The van der Waals surface area contributed by atoms with Gasteiger partial charge in [-0.3, -0.25) is 4.98 Å². The number of rotatable bonds is 0. The molecule has 1 heterocycles. The molecule has 1 aromatic heterocycles. The predicted octanol–water partition coefficient (Wildman–Crippen LogP) is 3.49. The maximum absolute atomic E-state index is 9.03. The number of benzene rings is 1. The molecule has 0 bridgehead atoms. The summed E-state index contributed by atoms with van der Waals surface area (Å²) < 4.78 is 0.917. The lowest BCUT2D eigenvalue weighted by Crippen LogP contribution is -1.90. The van der Waals surface area contributed by atoms with E-state index in [1.54, 1.807) is 6.07 Å². The fourth-order valence-corrected chi connectivity index (χ4v) is 2.16. The van der Waals surface area contributed by atoms with E-state index in [0.29, 0.717) is 5.56 Å². The van der Waals surface area contributed by atoms with Crippen LogP contribution in [0.2, 0.25) is 0 Å². The summed E-state index contributed by atoms with van der Waals surface area (Å²) in [4.78, 5) is 4.41. The van der Waals surface area contributed by atoms with Crippen LogP contribution in [0.15, 0.2) is 22.7 Å². The monoisotopic (exact) mass is 260 g/mol. The van der Waals surface area contributed by atoms with Crippen LogP contribution in [0.25, 0.3) is 10.9 Å². The molecule has 0 amide bonds. The number of fused-ring (bicyclic) bond motifs is 1. The number of aryl methyl sites for hydroxylation is 2. The van der Waals surface area contributed by atoms with Crippen molar-refractivity contribution in [2.75, 3.05) is 0 Å². The zero-order valence-electron chi connectivity index (χ0n) is 8.50. The van der Waals surface area contributed by atoms with E-state index in [1.165, 1.54) is 0 Å². The second-order valence-electron chi connectivity index (χ2n) is 3.54. The van der Waals surface area contributed by atoms with Crippen molar-refractivity contribution in [3.63, 3.8) is 0 Å². The van der Waals surface area contributed by atoms with E-state index in [4.69, 9.17) is 5.26 Å². The van der Waals surface area contributed by atoms with E-state index < -0.39 is 0 Å². The van der Waals surface area contributed by atoms with E-state index >= 15 is 0 Å². The number of hydrogen-bond donors (Lipinski definition) is 0. The molecule has 0 atom stereocenters.